The third-order valence-corrected chi connectivity index (χ3v) is 11.2. The fourth-order valence-corrected chi connectivity index (χ4v) is 7.38. The molecule has 0 saturated carbocycles. The van der Waals surface area contributed by atoms with Gasteiger partial charge in [0.2, 0.25) is 0 Å². The molecule has 0 amide bonds. The zero-order valence-electron chi connectivity index (χ0n) is 38.3. The van der Waals surface area contributed by atoms with Crippen LogP contribution < -0.4 is 0 Å². The minimum atomic E-state index is -0.872. The molecule has 1 N–H and O–H groups in total. The number of likely N-dealkylation sites (N-methyl/N-ethyl adjacent to an activating group) is 1. The van der Waals surface area contributed by atoms with Crippen molar-refractivity contribution in [2.45, 2.75) is 244 Å². The number of carboxylic acid groups (broad SMARTS) is 1. The Morgan fingerprint density at radius 3 is 1.26 bits per heavy atom. The van der Waals surface area contributed by atoms with Crippen LogP contribution in [0.3, 0.4) is 0 Å². The van der Waals surface area contributed by atoms with Gasteiger partial charge in [-0.1, -0.05) is 187 Å². The Hall–Kier alpha value is -1.93. The fourth-order valence-electron chi connectivity index (χ4n) is 7.38. The van der Waals surface area contributed by atoms with Crippen molar-refractivity contribution in [2.75, 3.05) is 41.0 Å². The first kappa shape index (κ1) is 55.1. The molecule has 57 heavy (non-hydrogen) atoms. The monoisotopic (exact) mass is 809 g/mol. The van der Waals surface area contributed by atoms with E-state index in [9.17, 15) is 19.5 Å². The van der Waals surface area contributed by atoms with Crippen molar-refractivity contribution in [1.82, 2.24) is 0 Å². The third kappa shape index (κ3) is 39.3. The van der Waals surface area contributed by atoms with E-state index in [-0.39, 0.29) is 36.2 Å². The molecule has 0 aromatic heterocycles. The van der Waals surface area contributed by atoms with Gasteiger partial charge in [-0.2, -0.15) is 0 Å². The number of unbranched alkanes of at least 4 members (excludes halogenated alkanes) is 28. The van der Waals surface area contributed by atoms with Crippen molar-refractivity contribution in [1.29, 1.82) is 0 Å². The maximum Gasteiger partial charge on any atom is 0.362 e. The number of carboxylic acids is 1. The molecule has 8 nitrogen and oxygen atoms in total. The van der Waals surface area contributed by atoms with Crippen molar-refractivity contribution >= 4 is 17.9 Å². The molecule has 0 aromatic carbocycles. The zero-order chi connectivity index (χ0) is 42.1. The summed E-state index contributed by atoms with van der Waals surface area (Å²) in [6.07, 6.45) is 44.0. The fraction of sp³-hybridized carbons (Fsp3) is 0.898. The molecule has 0 radical (unpaired) electrons. The van der Waals surface area contributed by atoms with E-state index < -0.39 is 18.1 Å². The van der Waals surface area contributed by atoms with Crippen LogP contribution in [0.1, 0.15) is 232 Å². The van der Waals surface area contributed by atoms with E-state index in [4.69, 9.17) is 14.2 Å². The van der Waals surface area contributed by atoms with Crippen LogP contribution in [0.2, 0.25) is 0 Å². The lowest BCUT2D eigenvalue weighted by Crippen LogP contribution is -2.50. The van der Waals surface area contributed by atoms with E-state index in [0.29, 0.717) is 19.3 Å². The standard InChI is InChI=1S/C49H93NO7/c1-6-8-10-12-14-16-18-20-21-22-23-24-25-26-27-28-30-32-34-36-38-40-48(52)57-45(43-55-42-41-46(49(53)54)50(3,4)5)44-56-47(51)39-37-35-33-31-29-19-17-15-13-11-9-7-2/h24-25,45-46H,6-23,26-44H2,1-5H3/p+1/b25-24+. The predicted molar refractivity (Wildman–Crippen MR) is 239 cm³/mol. The van der Waals surface area contributed by atoms with Crippen molar-refractivity contribution in [3.63, 3.8) is 0 Å². The van der Waals surface area contributed by atoms with E-state index in [0.717, 1.165) is 38.5 Å². The third-order valence-electron chi connectivity index (χ3n) is 11.2. The Morgan fingerprint density at radius 2 is 0.877 bits per heavy atom. The van der Waals surface area contributed by atoms with Crippen molar-refractivity contribution in [2.24, 2.45) is 0 Å². The normalized spacial score (nSPS) is 12.9. The summed E-state index contributed by atoms with van der Waals surface area (Å²) in [7, 11) is 5.54. The maximum absolute atomic E-state index is 12.8. The number of hydrogen-bond donors (Lipinski definition) is 1. The summed E-state index contributed by atoms with van der Waals surface area (Å²) in [5, 5.41) is 9.63. The smallest absolute Gasteiger partial charge is 0.362 e. The van der Waals surface area contributed by atoms with Gasteiger partial charge in [0, 0.05) is 19.3 Å². The number of quaternary nitrogens is 1. The number of carbonyl (C=O) groups excluding carboxylic acids is 2. The van der Waals surface area contributed by atoms with Gasteiger partial charge in [-0.25, -0.2) is 4.79 Å². The second kappa shape index (κ2) is 40.8. The molecular weight excluding hydrogens is 715 g/mol. The van der Waals surface area contributed by atoms with Crippen LogP contribution in [0, 0.1) is 0 Å². The first-order chi connectivity index (χ1) is 27.6. The van der Waals surface area contributed by atoms with E-state index in [1.54, 1.807) is 0 Å². The molecule has 0 saturated heterocycles. The number of carbonyl (C=O) groups is 3. The molecule has 0 fully saturated rings. The largest absolute Gasteiger partial charge is 0.477 e. The summed E-state index contributed by atoms with van der Waals surface area (Å²) in [5.74, 6) is -1.46. The molecule has 0 aromatic rings. The number of allylic oxidation sites excluding steroid dienone is 2. The molecule has 336 valence electrons. The lowest BCUT2D eigenvalue weighted by molar-refractivity contribution is -0.887. The van der Waals surface area contributed by atoms with E-state index in [1.165, 1.54) is 161 Å². The molecule has 0 aliphatic rings. The van der Waals surface area contributed by atoms with E-state index in [1.807, 2.05) is 21.1 Å². The van der Waals surface area contributed by atoms with Gasteiger partial charge in [-0.3, -0.25) is 9.59 Å². The lowest BCUT2D eigenvalue weighted by Gasteiger charge is -2.31. The summed E-state index contributed by atoms with van der Waals surface area (Å²) in [6, 6.07) is -0.611. The Balaban J connectivity index is 4.22. The topological polar surface area (TPSA) is 99.1 Å². The summed E-state index contributed by atoms with van der Waals surface area (Å²) in [4.78, 5) is 37.0. The highest BCUT2D eigenvalue weighted by Gasteiger charge is 2.31. The summed E-state index contributed by atoms with van der Waals surface area (Å²) in [5.41, 5.74) is 0. The van der Waals surface area contributed by atoms with Gasteiger partial charge < -0.3 is 23.8 Å². The minimum absolute atomic E-state index is 0.0466. The van der Waals surface area contributed by atoms with Gasteiger partial charge in [0.05, 0.1) is 34.4 Å². The van der Waals surface area contributed by atoms with Crippen LogP contribution in [0.25, 0.3) is 0 Å². The Kier molecular flexibility index (Phi) is 39.4. The van der Waals surface area contributed by atoms with Crippen molar-refractivity contribution < 1.29 is 38.2 Å². The van der Waals surface area contributed by atoms with Gasteiger partial charge in [-0.15, -0.1) is 0 Å². The maximum atomic E-state index is 12.8. The van der Waals surface area contributed by atoms with Gasteiger partial charge in [0.25, 0.3) is 0 Å². The first-order valence-corrected chi connectivity index (χ1v) is 24.2. The molecule has 0 rings (SSSR count). The predicted octanol–water partition coefficient (Wildman–Crippen LogP) is 13.5. The number of rotatable bonds is 44. The molecule has 2 atom stereocenters. The number of ether oxygens (including phenoxy) is 3. The van der Waals surface area contributed by atoms with Crippen molar-refractivity contribution in [3.05, 3.63) is 12.2 Å². The number of aliphatic carboxylic acids is 1. The highest BCUT2D eigenvalue weighted by atomic mass is 16.6. The van der Waals surface area contributed by atoms with Crippen LogP contribution >= 0.6 is 0 Å². The molecule has 0 bridgehead atoms. The number of hydrogen-bond acceptors (Lipinski definition) is 6. The van der Waals surface area contributed by atoms with Crippen molar-refractivity contribution in [3.8, 4) is 0 Å². The Labute approximate surface area is 352 Å². The summed E-state index contributed by atoms with van der Waals surface area (Å²) >= 11 is 0. The molecule has 0 aliphatic carbocycles. The second-order valence-electron chi connectivity index (χ2n) is 17.7. The van der Waals surface area contributed by atoms with E-state index in [2.05, 4.69) is 26.0 Å². The second-order valence-corrected chi connectivity index (χ2v) is 17.7. The minimum Gasteiger partial charge on any atom is -0.477 e. The number of esters is 2. The van der Waals surface area contributed by atoms with Gasteiger partial charge in [0.1, 0.15) is 6.61 Å². The van der Waals surface area contributed by atoms with Gasteiger partial charge in [-0.05, 0) is 38.5 Å². The van der Waals surface area contributed by atoms with E-state index >= 15 is 0 Å². The average Bonchev–Trinajstić information content (AvgIpc) is 3.17. The highest BCUT2D eigenvalue weighted by Crippen LogP contribution is 2.16. The quantitative estimate of drug-likeness (QED) is 0.0283. The number of nitrogens with zero attached hydrogens (tertiary/aromatic N) is 1. The van der Waals surface area contributed by atoms with Crippen LogP contribution in [0.5, 0.6) is 0 Å². The van der Waals surface area contributed by atoms with Gasteiger partial charge in [0.15, 0.2) is 12.1 Å². The highest BCUT2D eigenvalue weighted by molar-refractivity contribution is 5.72. The average molecular weight is 809 g/mol. The molecule has 0 heterocycles. The summed E-state index contributed by atoms with van der Waals surface area (Å²) in [6.45, 7) is 4.76. The Bertz CT molecular complexity index is 947. The molecule has 2 unspecified atom stereocenters. The van der Waals surface area contributed by atoms with Crippen LogP contribution in [-0.4, -0.2) is 80.6 Å². The molecule has 8 heteroatoms. The molecule has 0 spiro atoms. The molecular formula is C49H94NO7+. The van der Waals surface area contributed by atoms with Crippen LogP contribution in [0.15, 0.2) is 12.2 Å². The SMILES string of the molecule is CCCCCCCCCCCC/C=C/CCCCCCCCCC(=O)OC(COCCC(C(=O)O)[N+](C)(C)C)COC(=O)CCCCCCCCCCCCCC. The van der Waals surface area contributed by atoms with Gasteiger partial charge >= 0.3 is 17.9 Å². The zero-order valence-corrected chi connectivity index (χ0v) is 38.3. The first-order valence-electron chi connectivity index (χ1n) is 24.2. The molecule has 0 aliphatic heterocycles. The van der Waals surface area contributed by atoms with Crippen LogP contribution in [0.4, 0.5) is 0 Å². The Morgan fingerprint density at radius 1 is 0.509 bits per heavy atom. The summed E-state index contributed by atoms with van der Waals surface area (Å²) < 4.78 is 17.3. The lowest BCUT2D eigenvalue weighted by atomic mass is 10.0. The van der Waals surface area contributed by atoms with Crippen LogP contribution in [-0.2, 0) is 28.6 Å².